The number of hydrogen-bond acceptors (Lipinski definition) is 4. The molecule has 0 aromatic carbocycles. The molecular formula is C16H18ClF3N2O4. The first-order valence-corrected chi connectivity index (χ1v) is 8.56. The Morgan fingerprint density at radius 2 is 1.88 bits per heavy atom. The maximum atomic E-state index is 13.0. The second-order valence-electron chi connectivity index (χ2n) is 6.36. The molecule has 1 aliphatic heterocycles. The fourth-order valence-electron chi connectivity index (χ4n) is 3.34. The predicted octanol–water partition coefficient (Wildman–Crippen LogP) is 2.40. The second kappa shape index (κ2) is 7.21. The van der Waals surface area contributed by atoms with E-state index < -0.39 is 35.5 Å². The van der Waals surface area contributed by atoms with Gasteiger partial charge in [-0.3, -0.25) is 13.9 Å². The highest BCUT2D eigenvalue weighted by Gasteiger charge is 2.37. The molecule has 6 nitrogen and oxygen atoms in total. The summed E-state index contributed by atoms with van der Waals surface area (Å²) in [6.45, 7) is 1.02. The summed E-state index contributed by atoms with van der Waals surface area (Å²) in [5.74, 6) is -0.380. The molecule has 0 amide bonds. The van der Waals surface area contributed by atoms with Gasteiger partial charge in [0.1, 0.15) is 5.69 Å². The molecule has 3 rings (SSSR count). The van der Waals surface area contributed by atoms with E-state index in [4.69, 9.17) is 21.1 Å². The Morgan fingerprint density at radius 3 is 2.50 bits per heavy atom. The topological polar surface area (TPSA) is 62.5 Å². The summed E-state index contributed by atoms with van der Waals surface area (Å²) >= 11 is 6.25. The minimum absolute atomic E-state index is 0.264. The molecular weight excluding hydrogens is 377 g/mol. The van der Waals surface area contributed by atoms with Gasteiger partial charge in [-0.1, -0.05) is 17.7 Å². The van der Waals surface area contributed by atoms with Gasteiger partial charge in [-0.25, -0.2) is 4.79 Å². The first kappa shape index (κ1) is 19.2. The first-order valence-electron chi connectivity index (χ1n) is 8.18. The summed E-state index contributed by atoms with van der Waals surface area (Å²) in [5.41, 5.74) is -3.27. The molecule has 144 valence electrons. The quantitative estimate of drug-likeness (QED) is 0.772. The van der Waals surface area contributed by atoms with Crippen LogP contribution in [0.1, 0.15) is 31.0 Å². The number of rotatable bonds is 2. The van der Waals surface area contributed by atoms with Crippen molar-refractivity contribution in [1.29, 1.82) is 0 Å². The normalized spacial score (nSPS) is 25.2. The van der Waals surface area contributed by atoms with E-state index >= 15 is 0 Å². The molecule has 2 unspecified atom stereocenters. The molecule has 1 aliphatic carbocycles. The number of hydrogen-bond donors (Lipinski definition) is 0. The van der Waals surface area contributed by atoms with E-state index in [2.05, 4.69) is 0 Å². The standard InChI is InChI=1S/C16H18ClF3N2O4/c1-21-12(16(18,19)20)8-13(23)22(15(21)24)9-3-4-11(17)10(7-9)14-25-5-2-6-26-14/h4,8-10,14H,2-3,5-7H2,1H3. The molecule has 0 N–H and O–H groups in total. The van der Waals surface area contributed by atoms with Gasteiger partial charge in [-0.15, -0.1) is 0 Å². The van der Waals surface area contributed by atoms with Gasteiger partial charge in [0.05, 0.1) is 13.2 Å². The van der Waals surface area contributed by atoms with Gasteiger partial charge in [-0.05, 0) is 19.3 Å². The van der Waals surface area contributed by atoms with E-state index in [0.717, 1.165) is 18.0 Å². The van der Waals surface area contributed by atoms with E-state index in [-0.39, 0.29) is 18.8 Å². The van der Waals surface area contributed by atoms with Crippen molar-refractivity contribution < 1.29 is 22.6 Å². The van der Waals surface area contributed by atoms with E-state index in [0.29, 0.717) is 28.9 Å². The van der Waals surface area contributed by atoms with E-state index in [1.165, 1.54) is 0 Å². The van der Waals surface area contributed by atoms with Crippen LogP contribution in [-0.2, 0) is 22.7 Å². The Hall–Kier alpha value is -1.58. The Morgan fingerprint density at radius 1 is 1.23 bits per heavy atom. The smallest absolute Gasteiger partial charge is 0.352 e. The van der Waals surface area contributed by atoms with Crippen LogP contribution in [0.15, 0.2) is 26.8 Å². The van der Waals surface area contributed by atoms with Gasteiger partial charge in [0.25, 0.3) is 5.56 Å². The van der Waals surface area contributed by atoms with Gasteiger partial charge in [0.15, 0.2) is 6.29 Å². The molecule has 1 aromatic heterocycles. The van der Waals surface area contributed by atoms with Crippen LogP contribution in [0.4, 0.5) is 13.2 Å². The summed E-state index contributed by atoms with van der Waals surface area (Å²) < 4.78 is 51.3. The molecule has 0 bridgehead atoms. The molecule has 2 aliphatic rings. The van der Waals surface area contributed by atoms with Crippen molar-refractivity contribution in [3.63, 3.8) is 0 Å². The summed E-state index contributed by atoms with van der Waals surface area (Å²) in [4.78, 5) is 24.7. The Bertz CT molecular complexity index is 824. The second-order valence-corrected chi connectivity index (χ2v) is 6.80. The summed E-state index contributed by atoms with van der Waals surface area (Å²) in [5, 5.41) is 0.505. The minimum atomic E-state index is -4.78. The van der Waals surface area contributed by atoms with Gasteiger partial charge in [0, 0.05) is 30.1 Å². The van der Waals surface area contributed by atoms with E-state index in [1.807, 2.05) is 0 Å². The summed E-state index contributed by atoms with van der Waals surface area (Å²) in [7, 11) is 0.998. The zero-order valence-electron chi connectivity index (χ0n) is 14.0. The molecule has 0 saturated carbocycles. The van der Waals surface area contributed by atoms with Crippen molar-refractivity contribution in [2.24, 2.45) is 13.0 Å². The molecule has 2 heterocycles. The first-order chi connectivity index (χ1) is 12.2. The number of allylic oxidation sites excluding steroid dienone is 1. The van der Waals surface area contributed by atoms with Gasteiger partial charge in [-0.2, -0.15) is 13.2 Å². The van der Waals surface area contributed by atoms with Crippen molar-refractivity contribution in [1.82, 2.24) is 9.13 Å². The number of halogens is 4. The average molecular weight is 395 g/mol. The number of nitrogens with zero attached hydrogens (tertiary/aromatic N) is 2. The lowest BCUT2D eigenvalue weighted by Crippen LogP contribution is -2.45. The number of ether oxygens (including phenoxy) is 2. The third-order valence-electron chi connectivity index (χ3n) is 4.65. The largest absolute Gasteiger partial charge is 0.431 e. The fourth-order valence-corrected chi connectivity index (χ4v) is 3.62. The maximum Gasteiger partial charge on any atom is 0.431 e. The number of alkyl halides is 3. The van der Waals surface area contributed by atoms with Gasteiger partial charge >= 0.3 is 11.9 Å². The van der Waals surface area contributed by atoms with Crippen LogP contribution < -0.4 is 11.2 Å². The van der Waals surface area contributed by atoms with Crippen LogP contribution in [0.2, 0.25) is 0 Å². The molecule has 2 atom stereocenters. The summed E-state index contributed by atoms with van der Waals surface area (Å²) in [6.07, 6.45) is -2.43. The van der Waals surface area contributed by atoms with Gasteiger partial charge in [0.2, 0.25) is 0 Å². The highest BCUT2D eigenvalue weighted by atomic mass is 35.5. The summed E-state index contributed by atoms with van der Waals surface area (Å²) in [6, 6.07) is -0.172. The predicted molar refractivity (Wildman–Crippen MR) is 87.0 cm³/mol. The molecule has 0 spiro atoms. The molecule has 1 saturated heterocycles. The molecule has 10 heteroatoms. The zero-order valence-corrected chi connectivity index (χ0v) is 14.7. The van der Waals surface area contributed by atoms with E-state index in [1.54, 1.807) is 6.08 Å². The number of aromatic nitrogens is 2. The van der Waals surface area contributed by atoms with Crippen molar-refractivity contribution in [3.05, 3.63) is 43.7 Å². The lowest BCUT2D eigenvalue weighted by molar-refractivity contribution is -0.200. The SMILES string of the molecule is Cn1c(C(F)(F)F)cc(=O)n(C2CC=C(Cl)C(C3OCCCO3)C2)c1=O. The third kappa shape index (κ3) is 3.60. The Kier molecular flexibility index (Phi) is 5.32. The van der Waals surface area contributed by atoms with Crippen LogP contribution in [0.3, 0.4) is 0 Å². The molecule has 26 heavy (non-hydrogen) atoms. The van der Waals surface area contributed by atoms with Crippen LogP contribution >= 0.6 is 11.6 Å². The maximum absolute atomic E-state index is 13.0. The fraction of sp³-hybridized carbons (Fsp3) is 0.625. The molecule has 0 radical (unpaired) electrons. The third-order valence-corrected chi connectivity index (χ3v) is 5.09. The van der Waals surface area contributed by atoms with E-state index in [9.17, 15) is 22.8 Å². The van der Waals surface area contributed by atoms with Crippen LogP contribution in [0, 0.1) is 5.92 Å². The Labute approximate surface area is 151 Å². The highest BCUT2D eigenvalue weighted by Crippen LogP contribution is 2.37. The van der Waals surface area contributed by atoms with Crippen molar-refractivity contribution >= 4 is 11.6 Å². The Balaban J connectivity index is 1.96. The van der Waals surface area contributed by atoms with Crippen molar-refractivity contribution in [3.8, 4) is 0 Å². The molecule has 1 aromatic rings. The van der Waals surface area contributed by atoms with Crippen LogP contribution in [-0.4, -0.2) is 28.6 Å². The lowest BCUT2D eigenvalue weighted by Gasteiger charge is -2.35. The average Bonchev–Trinajstić information content (AvgIpc) is 2.59. The zero-order chi connectivity index (χ0) is 19.1. The van der Waals surface area contributed by atoms with Gasteiger partial charge < -0.3 is 9.47 Å². The van der Waals surface area contributed by atoms with Crippen molar-refractivity contribution in [2.75, 3.05) is 13.2 Å². The minimum Gasteiger partial charge on any atom is -0.352 e. The molecule has 1 fully saturated rings. The lowest BCUT2D eigenvalue weighted by atomic mass is 9.90. The van der Waals surface area contributed by atoms with Crippen molar-refractivity contribution in [2.45, 2.75) is 37.8 Å². The highest BCUT2D eigenvalue weighted by molar-refractivity contribution is 6.29. The van der Waals surface area contributed by atoms with Crippen LogP contribution in [0.5, 0.6) is 0 Å². The monoisotopic (exact) mass is 394 g/mol. The van der Waals surface area contributed by atoms with Crippen LogP contribution in [0.25, 0.3) is 0 Å².